The number of amides is 1. The van der Waals surface area contributed by atoms with Gasteiger partial charge in [0.1, 0.15) is 11.5 Å². The van der Waals surface area contributed by atoms with E-state index >= 15 is 0 Å². The Kier molecular flexibility index (Phi) is 4.87. The molecule has 0 unspecified atom stereocenters. The van der Waals surface area contributed by atoms with Gasteiger partial charge in [-0.3, -0.25) is 19.7 Å². The number of carbonyl (C=O) groups excluding carboxylic acids is 1. The van der Waals surface area contributed by atoms with E-state index in [1.54, 1.807) is 24.8 Å². The smallest absolute Gasteiger partial charge is 0.228 e. The maximum absolute atomic E-state index is 12.6. The molecule has 8 heteroatoms. The van der Waals surface area contributed by atoms with Crippen molar-refractivity contribution in [2.24, 2.45) is 5.92 Å². The molecule has 1 saturated heterocycles. The summed E-state index contributed by atoms with van der Waals surface area (Å²) in [7, 11) is 0. The van der Waals surface area contributed by atoms with Crippen LogP contribution in [0.3, 0.4) is 0 Å². The molecule has 3 aromatic heterocycles. The second-order valence-corrected chi connectivity index (χ2v) is 7.51. The van der Waals surface area contributed by atoms with Crippen LogP contribution < -0.4 is 5.32 Å². The number of aromatic nitrogens is 4. The Morgan fingerprint density at radius 1 is 1.07 bits per heavy atom. The second-order valence-electron chi connectivity index (χ2n) is 7.51. The molecule has 0 aromatic carbocycles. The lowest BCUT2D eigenvalue weighted by atomic mass is 9.78. The Morgan fingerprint density at radius 3 is 2.72 bits per heavy atom. The zero-order valence-corrected chi connectivity index (χ0v) is 16.0. The van der Waals surface area contributed by atoms with Crippen molar-refractivity contribution < 1.29 is 9.53 Å². The Hall–Kier alpha value is -2.97. The van der Waals surface area contributed by atoms with Gasteiger partial charge in [-0.05, 0) is 25.0 Å². The number of morpholine rings is 1. The van der Waals surface area contributed by atoms with Crippen molar-refractivity contribution in [3.8, 4) is 11.4 Å². The largest absolute Gasteiger partial charge is 0.379 e. The summed E-state index contributed by atoms with van der Waals surface area (Å²) < 4.78 is 5.40. The highest BCUT2D eigenvalue weighted by atomic mass is 16.5. The minimum Gasteiger partial charge on any atom is -0.379 e. The van der Waals surface area contributed by atoms with Crippen molar-refractivity contribution >= 4 is 22.6 Å². The van der Waals surface area contributed by atoms with Crippen molar-refractivity contribution in [3.63, 3.8) is 0 Å². The summed E-state index contributed by atoms with van der Waals surface area (Å²) in [6, 6.07) is 6.15. The molecule has 8 nitrogen and oxygen atoms in total. The lowest BCUT2D eigenvalue weighted by molar-refractivity contribution is -0.125. The van der Waals surface area contributed by atoms with Crippen LogP contribution in [-0.4, -0.2) is 63.1 Å². The zero-order chi connectivity index (χ0) is 19.6. The molecule has 2 fully saturated rings. The molecule has 0 atom stereocenters. The fourth-order valence-corrected chi connectivity index (χ4v) is 3.93. The van der Waals surface area contributed by atoms with Crippen molar-refractivity contribution in [3.05, 3.63) is 43.0 Å². The summed E-state index contributed by atoms with van der Waals surface area (Å²) in [6.07, 6.45) is 8.48. The number of fused-ring (bicyclic) bond motifs is 1. The molecule has 1 saturated carbocycles. The molecule has 148 valence electrons. The van der Waals surface area contributed by atoms with E-state index in [0.29, 0.717) is 17.6 Å². The standard InChI is InChI=1S/C21H22N6O2/c28-21(15-9-16(10-15)27-5-7-29-8-6-27)26-20-11-18-14(12-24-20)1-2-17(25-18)19-13-22-3-4-23-19/h1-4,11-13,15-16H,5-10H2,(H,24,26,28)/t15-,16-. The van der Waals surface area contributed by atoms with Crippen LogP contribution in [0.5, 0.6) is 0 Å². The summed E-state index contributed by atoms with van der Waals surface area (Å²) in [4.78, 5) is 32.5. The number of nitrogens with one attached hydrogen (secondary N) is 1. The van der Waals surface area contributed by atoms with E-state index in [1.807, 2.05) is 18.2 Å². The van der Waals surface area contributed by atoms with Gasteiger partial charge in [-0.25, -0.2) is 9.97 Å². The Morgan fingerprint density at radius 2 is 1.93 bits per heavy atom. The summed E-state index contributed by atoms with van der Waals surface area (Å²) in [5.41, 5.74) is 2.21. The number of nitrogens with zero attached hydrogens (tertiary/aromatic N) is 5. The Balaban J connectivity index is 1.26. The van der Waals surface area contributed by atoms with Gasteiger partial charge in [0.05, 0.1) is 30.6 Å². The highest BCUT2D eigenvalue weighted by molar-refractivity contribution is 5.94. The van der Waals surface area contributed by atoms with E-state index in [2.05, 4.69) is 30.2 Å². The van der Waals surface area contributed by atoms with E-state index in [9.17, 15) is 4.79 Å². The number of hydrogen-bond donors (Lipinski definition) is 1. The highest BCUT2D eigenvalue weighted by Gasteiger charge is 2.38. The molecular weight excluding hydrogens is 368 g/mol. The summed E-state index contributed by atoms with van der Waals surface area (Å²) in [5.74, 6) is 0.604. The van der Waals surface area contributed by atoms with Gasteiger partial charge in [-0.15, -0.1) is 0 Å². The topological polar surface area (TPSA) is 93.1 Å². The third kappa shape index (κ3) is 3.81. The van der Waals surface area contributed by atoms with Crippen LogP contribution in [0, 0.1) is 5.92 Å². The van der Waals surface area contributed by atoms with E-state index in [4.69, 9.17) is 4.74 Å². The molecule has 1 N–H and O–H groups in total. The number of pyridine rings is 2. The molecule has 5 rings (SSSR count). The summed E-state index contributed by atoms with van der Waals surface area (Å²) >= 11 is 0. The quantitative estimate of drug-likeness (QED) is 0.729. The van der Waals surface area contributed by atoms with Gasteiger partial charge in [0, 0.05) is 55.1 Å². The van der Waals surface area contributed by atoms with Crippen LogP contribution in [0.4, 0.5) is 5.82 Å². The van der Waals surface area contributed by atoms with Crippen LogP contribution >= 0.6 is 0 Å². The second kappa shape index (κ2) is 7.81. The molecular formula is C21H22N6O2. The number of rotatable bonds is 4. The molecule has 0 radical (unpaired) electrons. The van der Waals surface area contributed by atoms with Crippen LogP contribution in [0.15, 0.2) is 43.0 Å². The van der Waals surface area contributed by atoms with Crippen molar-refractivity contribution in [1.29, 1.82) is 0 Å². The van der Waals surface area contributed by atoms with Crippen molar-refractivity contribution in [2.75, 3.05) is 31.6 Å². The van der Waals surface area contributed by atoms with Crippen LogP contribution in [-0.2, 0) is 9.53 Å². The first-order chi connectivity index (χ1) is 14.3. The van der Waals surface area contributed by atoms with Gasteiger partial charge in [0.2, 0.25) is 5.91 Å². The van der Waals surface area contributed by atoms with Crippen LogP contribution in [0.1, 0.15) is 12.8 Å². The highest BCUT2D eigenvalue weighted by Crippen LogP contribution is 2.33. The van der Waals surface area contributed by atoms with E-state index in [0.717, 1.165) is 55.7 Å². The van der Waals surface area contributed by atoms with Crippen molar-refractivity contribution in [1.82, 2.24) is 24.8 Å². The number of ether oxygens (including phenoxy) is 1. The van der Waals surface area contributed by atoms with Crippen LogP contribution in [0.25, 0.3) is 22.3 Å². The predicted molar refractivity (Wildman–Crippen MR) is 108 cm³/mol. The van der Waals surface area contributed by atoms with Gasteiger partial charge in [-0.2, -0.15) is 0 Å². The first kappa shape index (κ1) is 18.1. The minimum atomic E-state index is 0.0337. The van der Waals surface area contributed by atoms with Crippen molar-refractivity contribution in [2.45, 2.75) is 18.9 Å². The number of anilines is 1. The van der Waals surface area contributed by atoms with Gasteiger partial charge in [-0.1, -0.05) is 0 Å². The molecule has 29 heavy (non-hydrogen) atoms. The third-order valence-electron chi connectivity index (χ3n) is 5.70. The average Bonchev–Trinajstić information content (AvgIpc) is 2.73. The van der Waals surface area contributed by atoms with Gasteiger partial charge in [0.25, 0.3) is 0 Å². The van der Waals surface area contributed by atoms with E-state index in [-0.39, 0.29) is 11.8 Å². The molecule has 1 aliphatic carbocycles. The number of carbonyl (C=O) groups is 1. The van der Waals surface area contributed by atoms with Gasteiger partial charge < -0.3 is 10.1 Å². The monoisotopic (exact) mass is 390 g/mol. The maximum atomic E-state index is 12.6. The summed E-state index contributed by atoms with van der Waals surface area (Å²) in [5, 5.41) is 3.87. The molecule has 0 spiro atoms. The summed E-state index contributed by atoms with van der Waals surface area (Å²) in [6.45, 7) is 3.51. The first-order valence-electron chi connectivity index (χ1n) is 9.92. The fourth-order valence-electron chi connectivity index (χ4n) is 3.93. The molecule has 3 aromatic rings. The Bertz CT molecular complexity index is 1020. The van der Waals surface area contributed by atoms with Crippen LogP contribution in [0.2, 0.25) is 0 Å². The average molecular weight is 390 g/mol. The normalized spacial score (nSPS) is 22.2. The molecule has 2 aliphatic rings. The fraction of sp³-hybridized carbons (Fsp3) is 0.381. The minimum absolute atomic E-state index is 0.0337. The van der Waals surface area contributed by atoms with E-state index < -0.39 is 0 Å². The lowest BCUT2D eigenvalue weighted by Crippen LogP contribution is -2.52. The van der Waals surface area contributed by atoms with Gasteiger partial charge >= 0.3 is 0 Å². The first-order valence-corrected chi connectivity index (χ1v) is 9.92. The molecule has 4 heterocycles. The Labute approximate surface area is 168 Å². The van der Waals surface area contributed by atoms with E-state index in [1.165, 1.54) is 0 Å². The third-order valence-corrected chi connectivity index (χ3v) is 5.70. The maximum Gasteiger partial charge on any atom is 0.228 e. The SMILES string of the molecule is O=C(Nc1cc2nc(-c3cnccn3)ccc2cn1)[C@H]1C[C@H](N2CCOCC2)C1. The molecule has 1 aliphatic heterocycles. The zero-order valence-electron chi connectivity index (χ0n) is 16.0. The predicted octanol–water partition coefficient (Wildman–Crippen LogP) is 2.14. The lowest BCUT2D eigenvalue weighted by Gasteiger charge is -2.43. The molecule has 0 bridgehead atoms. The van der Waals surface area contributed by atoms with Gasteiger partial charge in [0.15, 0.2) is 0 Å². The molecule has 1 amide bonds. The number of hydrogen-bond acceptors (Lipinski definition) is 7.